The predicted molar refractivity (Wildman–Crippen MR) is 31.8 cm³/mol. The minimum Gasteiger partial charge on any atom is -0.480 e. The fourth-order valence-electron chi connectivity index (χ4n) is 0.226. The molecule has 0 bridgehead atoms. The molecule has 0 spiro atoms. The van der Waals surface area contributed by atoms with E-state index in [0.29, 0.717) is 0 Å². The Kier molecular flexibility index (Phi) is 10.0. The SMILES string of the molecule is O=C(O)COCC(=O)O.[K]. The number of carboxylic acid groups (broad SMARTS) is 2. The van der Waals surface area contributed by atoms with Crippen molar-refractivity contribution >= 4 is 63.3 Å². The van der Waals surface area contributed by atoms with Gasteiger partial charge in [0.25, 0.3) is 0 Å². The summed E-state index contributed by atoms with van der Waals surface area (Å²) in [5.41, 5.74) is 0. The normalized spacial score (nSPS) is 8.00. The first-order valence-electron chi connectivity index (χ1n) is 2.14. The molecule has 1 radical (unpaired) electrons. The van der Waals surface area contributed by atoms with Gasteiger partial charge in [-0.15, -0.1) is 0 Å². The Morgan fingerprint density at radius 2 is 1.40 bits per heavy atom. The van der Waals surface area contributed by atoms with Crippen molar-refractivity contribution in [1.82, 2.24) is 0 Å². The van der Waals surface area contributed by atoms with E-state index in [4.69, 9.17) is 10.2 Å². The average Bonchev–Trinajstić information content (AvgIpc) is 1.63. The summed E-state index contributed by atoms with van der Waals surface area (Å²) in [6.45, 7) is -1.13. The third kappa shape index (κ3) is 11.3. The smallest absolute Gasteiger partial charge is 0.329 e. The zero-order chi connectivity index (χ0) is 7.28. The van der Waals surface area contributed by atoms with E-state index in [1.165, 1.54) is 0 Å². The molecule has 0 aliphatic rings. The van der Waals surface area contributed by atoms with Gasteiger partial charge in [0.15, 0.2) is 0 Å². The molecule has 0 aromatic carbocycles. The van der Waals surface area contributed by atoms with Crippen molar-refractivity contribution in [2.45, 2.75) is 0 Å². The second-order valence-corrected chi connectivity index (χ2v) is 1.28. The Labute approximate surface area is 99.8 Å². The number of hydrogen-bond acceptors (Lipinski definition) is 3. The third-order valence-electron chi connectivity index (χ3n) is 0.451. The van der Waals surface area contributed by atoms with E-state index in [2.05, 4.69) is 4.74 Å². The van der Waals surface area contributed by atoms with Crippen LogP contribution in [0.25, 0.3) is 0 Å². The molecule has 0 saturated carbocycles. The summed E-state index contributed by atoms with van der Waals surface area (Å²) >= 11 is 0. The van der Waals surface area contributed by atoms with Crippen LogP contribution in [0.15, 0.2) is 0 Å². The second kappa shape index (κ2) is 7.64. The first-order valence-corrected chi connectivity index (χ1v) is 2.14. The molecule has 0 heterocycles. The van der Waals surface area contributed by atoms with Crippen LogP contribution in [0.4, 0.5) is 0 Å². The van der Waals surface area contributed by atoms with Gasteiger partial charge in [-0.3, -0.25) is 0 Å². The topological polar surface area (TPSA) is 83.8 Å². The fourth-order valence-corrected chi connectivity index (χ4v) is 0.226. The zero-order valence-electron chi connectivity index (χ0n) is 5.53. The van der Waals surface area contributed by atoms with Gasteiger partial charge in [-0.25, -0.2) is 9.59 Å². The summed E-state index contributed by atoms with van der Waals surface area (Å²) in [5, 5.41) is 15.8. The van der Waals surface area contributed by atoms with Gasteiger partial charge in [-0.1, -0.05) is 0 Å². The average molecular weight is 173 g/mol. The summed E-state index contributed by atoms with van der Waals surface area (Å²) in [7, 11) is 0. The quantitative estimate of drug-likeness (QED) is 0.521. The molecule has 5 nitrogen and oxygen atoms in total. The van der Waals surface area contributed by atoms with Crippen LogP contribution in [-0.4, -0.2) is 86.7 Å². The summed E-state index contributed by atoms with van der Waals surface area (Å²) < 4.78 is 4.16. The molecular weight excluding hydrogens is 167 g/mol. The maximum atomic E-state index is 9.66. The zero-order valence-corrected chi connectivity index (χ0v) is 8.66. The molecule has 0 aromatic rings. The molecule has 0 fully saturated rings. The molecule has 0 atom stereocenters. The molecule has 0 aliphatic heterocycles. The van der Waals surface area contributed by atoms with E-state index < -0.39 is 25.2 Å². The molecule has 0 aromatic heterocycles. The largest absolute Gasteiger partial charge is 0.480 e. The van der Waals surface area contributed by atoms with Crippen molar-refractivity contribution < 1.29 is 24.5 Å². The number of hydrogen-bond donors (Lipinski definition) is 2. The van der Waals surface area contributed by atoms with Crippen molar-refractivity contribution in [3.05, 3.63) is 0 Å². The Morgan fingerprint density at radius 3 is 1.60 bits per heavy atom. The number of rotatable bonds is 4. The minimum absolute atomic E-state index is 0. The van der Waals surface area contributed by atoms with Gasteiger partial charge in [0.2, 0.25) is 0 Å². The van der Waals surface area contributed by atoms with Crippen molar-refractivity contribution in [2.75, 3.05) is 13.2 Å². The molecule has 2 N–H and O–H groups in total. The molecule has 0 amide bonds. The van der Waals surface area contributed by atoms with Crippen LogP contribution in [0.2, 0.25) is 0 Å². The van der Waals surface area contributed by atoms with E-state index in [9.17, 15) is 9.59 Å². The van der Waals surface area contributed by atoms with Crippen LogP contribution >= 0.6 is 0 Å². The van der Waals surface area contributed by atoms with Crippen LogP contribution < -0.4 is 0 Å². The van der Waals surface area contributed by atoms with Crippen LogP contribution in [0.1, 0.15) is 0 Å². The molecule has 6 heteroatoms. The summed E-state index contributed by atoms with van der Waals surface area (Å²) in [6.07, 6.45) is 0. The maximum Gasteiger partial charge on any atom is 0.329 e. The Bertz CT molecular complexity index is 109. The van der Waals surface area contributed by atoms with Gasteiger partial charge in [0, 0.05) is 51.4 Å². The summed E-state index contributed by atoms with van der Waals surface area (Å²) in [4.78, 5) is 19.3. The maximum absolute atomic E-state index is 9.66. The van der Waals surface area contributed by atoms with E-state index in [1.54, 1.807) is 0 Å². The Balaban J connectivity index is 0. The summed E-state index contributed by atoms with van der Waals surface area (Å²) in [6, 6.07) is 0. The van der Waals surface area contributed by atoms with Gasteiger partial charge in [0.05, 0.1) is 0 Å². The van der Waals surface area contributed by atoms with E-state index >= 15 is 0 Å². The summed E-state index contributed by atoms with van der Waals surface area (Å²) in [5.74, 6) is -2.34. The first kappa shape index (κ1) is 13.1. The van der Waals surface area contributed by atoms with Crippen LogP contribution in [0.3, 0.4) is 0 Å². The standard InChI is InChI=1S/C4H6O5.K/c5-3(6)1-9-2-4(7)8;/h1-2H2,(H,5,6)(H,7,8);. The van der Waals surface area contributed by atoms with Gasteiger partial charge in [-0.2, -0.15) is 0 Å². The van der Waals surface area contributed by atoms with Crippen molar-refractivity contribution in [2.24, 2.45) is 0 Å². The van der Waals surface area contributed by atoms with Gasteiger partial charge in [-0.05, 0) is 0 Å². The van der Waals surface area contributed by atoms with Gasteiger partial charge < -0.3 is 14.9 Å². The number of carboxylic acids is 2. The fraction of sp³-hybridized carbons (Fsp3) is 0.500. The van der Waals surface area contributed by atoms with Gasteiger partial charge in [0.1, 0.15) is 13.2 Å². The molecule has 0 saturated heterocycles. The van der Waals surface area contributed by atoms with Crippen molar-refractivity contribution in [1.29, 1.82) is 0 Å². The molecular formula is C4H6KO5. The number of carbonyl (C=O) groups is 2. The molecule has 53 valence electrons. The monoisotopic (exact) mass is 173 g/mol. The van der Waals surface area contributed by atoms with Crippen LogP contribution in [-0.2, 0) is 14.3 Å². The Hall–Kier alpha value is 0.536. The third-order valence-corrected chi connectivity index (χ3v) is 0.451. The first-order chi connectivity index (χ1) is 4.13. The molecule has 0 rings (SSSR count). The molecule has 10 heavy (non-hydrogen) atoms. The van der Waals surface area contributed by atoms with E-state index in [0.717, 1.165) is 0 Å². The predicted octanol–water partition coefficient (Wildman–Crippen LogP) is -1.21. The van der Waals surface area contributed by atoms with Crippen LogP contribution in [0, 0.1) is 0 Å². The molecule has 0 unspecified atom stereocenters. The van der Waals surface area contributed by atoms with Crippen molar-refractivity contribution in [3.8, 4) is 0 Å². The number of aliphatic carboxylic acids is 2. The molecule has 0 aliphatic carbocycles. The van der Waals surface area contributed by atoms with Crippen LogP contribution in [0.5, 0.6) is 0 Å². The van der Waals surface area contributed by atoms with E-state index in [-0.39, 0.29) is 51.4 Å². The Morgan fingerprint density at radius 1 is 1.10 bits per heavy atom. The van der Waals surface area contributed by atoms with Crippen molar-refractivity contribution in [3.63, 3.8) is 0 Å². The second-order valence-electron chi connectivity index (χ2n) is 1.28. The number of ether oxygens (including phenoxy) is 1. The van der Waals surface area contributed by atoms with Gasteiger partial charge >= 0.3 is 11.9 Å². The minimum atomic E-state index is -1.17. The van der Waals surface area contributed by atoms with E-state index in [1.807, 2.05) is 0 Å².